The Labute approximate surface area is 141 Å². The second-order valence-electron chi connectivity index (χ2n) is 5.87. The third-order valence-electron chi connectivity index (χ3n) is 4.34. The standard InChI is InChI=1S/C19H20N2O3/c1-24-16-9-10-20-17(13-16)19(23)21-11-5-8-15(21)12-18(22)14-6-3-2-4-7-14/h2-4,6-7,9-10,13,15H,5,8,11-12H2,1H3. The molecule has 1 aliphatic rings. The minimum atomic E-state index is -0.141. The number of carbonyl (C=O) groups is 2. The van der Waals surface area contributed by atoms with Gasteiger partial charge in [0.05, 0.1) is 7.11 Å². The van der Waals surface area contributed by atoms with E-state index >= 15 is 0 Å². The average molecular weight is 324 g/mol. The van der Waals surface area contributed by atoms with Crippen LogP contribution >= 0.6 is 0 Å². The first-order valence-electron chi connectivity index (χ1n) is 8.08. The first-order valence-corrected chi connectivity index (χ1v) is 8.08. The number of hydrogen-bond donors (Lipinski definition) is 0. The number of Topliss-reactive ketones (excluding diaryl/α,β-unsaturated/α-hetero) is 1. The van der Waals surface area contributed by atoms with Crippen molar-refractivity contribution in [2.75, 3.05) is 13.7 Å². The van der Waals surface area contributed by atoms with Gasteiger partial charge in [-0.15, -0.1) is 0 Å². The van der Waals surface area contributed by atoms with Gasteiger partial charge in [-0.2, -0.15) is 0 Å². The fourth-order valence-corrected chi connectivity index (χ4v) is 3.07. The third-order valence-corrected chi connectivity index (χ3v) is 4.34. The summed E-state index contributed by atoms with van der Waals surface area (Å²) in [6.07, 6.45) is 3.66. The summed E-state index contributed by atoms with van der Waals surface area (Å²) in [5.41, 5.74) is 1.05. The third kappa shape index (κ3) is 3.45. The second-order valence-corrected chi connectivity index (χ2v) is 5.87. The topological polar surface area (TPSA) is 59.5 Å². The molecular formula is C19H20N2O3. The van der Waals surface area contributed by atoms with E-state index < -0.39 is 0 Å². The maximum Gasteiger partial charge on any atom is 0.272 e. The van der Waals surface area contributed by atoms with Gasteiger partial charge in [0.1, 0.15) is 11.4 Å². The zero-order chi connectivity index (χ0) is 16.9. The number of benzene rings is 1. The smallest absolute Gasteiger partial charge is 0.272 e. The molecule has 5 heteroatoms. The molecule has 3 rings (SSSR count). The van der Waals surface area contributed by atoms with E-state index in [1.54, 1.807) is 30.3 Å². The number of hydrogen-bond acceptors (Lipinski definition) is 4. The van der Waals surface area contributed by atoms with Crippen LogP contribution in [0.3, 0.4) is 0 Å². The summed E-state index contributed by atoms with van der Waals surface area (Å²) < 4.78 is 5.15. The van der Waals surface area contributed by atoms with Crippen molar-refractivity contribution < 1.29 is 14.3 Å². The summed E-state index contributed by atoms with van der Waals surface area (Å²) in [6.45, 7) is 0.657. The number of aromatic nitrogens is 1. The Hall–Kier alpha value is -2.69. The molecule has 0 spiro atoms. The number of methoxy groups -OCH3 is 1. The van der Waals surface area contributed by atoms with E-state index in [0.29, 0.717) is 30.0 Å². The highest BCUT2D eigenvalue weighted by Gasteiger charge is 2.31. The Morgan fingerprint density at radius 2 is 2.04 bits per heavy atom. The number of rotatable bonds is 5. The zero-order valence-electron chi connectivity index (χ0n) is 13.6. The lowest BCUT2D eigenvalue weighted by Crippen LogP contribution is -2.37. The minimum Gasteiger partial charge on any atom is -0.497 e. The van der Waals surface area contributed by atoms with E-state index in [0.717, 1.165) is 12.8 Å². The Kier molecular flexibility index (Phi) is 4.89. The molecule has 0 N–H and O–H groups in total. The van der Waals surface area contributed by atoms with E-state index in [-0.39, 0.29) is 17.7 Å². The van der Waals surface area contributed by atoms with E-state index in [1.165, 1.54) is 0 Å². The molecule has 5 nitrogen and oxygen atoms in total. The van der Waals surface area contributed by atoms with Crippen LogP contribution in [0, 0.1) is 0 Å². The number of pyridine rings is 1. The summed E-state index contributed by atoms with van der Waals surface area (Å²) in [5.74, 6) is 0.528. The van der Waals surface area contributed by atoms with Gasteiger partial charge >= 0.3 is 0 Å². The maximum absolute atomic E-state index is 12.7. The van der Waals surface area contributed by atoms with Gasteiger partial charge in [-0.1, -0.05) is 30.3 Å². The lowest BCUT2D eigenvalue weighted by molar-refractivity contribution is 0.0711. The van der Waals surface area contributed by atoms with Crippen LogP contribution in [0.5, 0.6) is 5.75 Å². The highest BCUT2D eigenvalue weighted by atomic mass is 16.5. The number of ether oxygens (including phenoxy) is 1. The largest absolute Gasteiger partial charge is 0.497 e. The van der Waals surface area contributed by atoms with Gasteiger partial charge in [0.25, 0.3) is 5.91 Å². The molecule has 24 heavy (non-hydrogen) atoms. The fraction of sp³-hybridized carbons (Fsp3) is 0.316. The van der Waals surface area contributed by atoms with Gasteiger partial charge in [0.15, 0.2) is 5.78 Å². The highest BCUT2D eigenvalue weighted by Crippen LogP contribution is 2.24. The molecule has 1 saturated heterocycles. The predicted octanol–water partition coefficient (Wildman–Crippen LogP) is 2.97. The molecular weight excluding hydrogens is 304 g/mol. The molecule has 1 fully saturated rings. The van der Waals surface area contributed by atoms with Gasteiger partial charge in [-0.3, -0.25) is 14.6 Å². The molecule has 1 atom stereocenters. The monoisotopic (exact) mass is 324 g/mol. The van der Waals surface area contributed by atoms with Gasteiger partial charge in [-0.25, -0.2) is 0 Å². The van der Waals surface area contributed by atoms with Gasteiger partial charge < -0.3 is 9.64 Å². The number of amides is 1. The number of carbonyl (C=O) groups excluding carboxylic acids is 2. The maximum atomic E-state index is 12.7. The Morgan fingerprint density at radius 3 is 2.79 bits per heavy atom. The molecule has 124 valence electrons. The first kappa shape index (κ1) is 16.2. The molecule has 1 aliphatic heterocycles. The van der Waals surface area contributed by atoms with Crippen molar-refractivity contribution in [1.29, 1.82) is 0 Å². The Morgan fingerprint density at radius 1 is 1.25 bits per heavy atom. The van der Waals surface area contributed by atoms with Crippen molar-refractivity contribution in [3.8, 4) is 5.75 Å². The van der Waals surface area contributed by atoms with Crippen molar-refractivity contribution in [2.24, 2.45) is 0 Å². The van der Waals surface area contributed by atoms with Crippen LogP contribution in [-0.2, 0) is 0 Å². The van der Waals surface area contributed by atoms with Crippen molar-refractivity contribution >= 4 is 11.7 Å². The average Bonchev–Trinajstić information content (AvgIpc) is 3.10. The van der Waals surface area contributed by atoms with Crippen LogP contribution in [0.1, 0.15) is 40.1 Å². The van der Waals surface area contributed by atoms with Crippen molar-refractivity contribution in [2.45, 2.75) is 25.3 Å². The molecule has 1 aromatic carbocycles. The zero-order valence-corrected chi connectivity index (χ0v) is 13.6. The number of likely N-dealkylation sites (tertiary alicyclic amines) is 1. The van der Waals surface area contributed by atoms with Crippen molar-refractivity contribution in [1.82, 2.24) is 9.88 Å². The Bertz CT molecular complexity index is 730. The molecule has 0 radical (unpaired) electrons. The van der Waals surface area contributed by atoms with E-state index in [4.69, 9.17) is 4.74 Å². The molecule has 0 saturated carbocycles. The van der Waals surface area contributed by atoms with E-state index in [1.807, 2.05) is 30.3 Å². The second kappa shape index (κ2) is 7.25. The summed E-state index contributed by atoms with van der Waals surface area (Å²) in [6, 6.07) is 12.5. The van der Waals surface area contributed by atoms with Crippen LogP contribution in [0.15, 0.2) is 48.7 Å². The van der Waals surface area contributed by atoms with Crippen LogP contribution < -0.4 is 4.74 Å². The van der Waals surface area contributed by atoms with Crippen LogP contribution in [0.2, 0.25) is 0 Å². The summed E-state index contributed by atoms with van der Waals surface area (Å²) in [5, 5.41) is 0. The van der Waals surface area contributed by atoms with E-state index in [2.05, 4.69) is 4.98 Å². The summed E-state index contributed by atoms with van der Waals surface area (Å²) in [7, 11) is 1.56. The molecule has 0 bridgehead atoms. The molecule has 1 amide bonds. The Balaban J connectivity index is 1.73. The minimum absolute atomic E-state index is 0.0684. The SMILES string of the molecule is COc1ccnc(C(=O)N2CCCC2CC(=O)c2ccccc2)c1. The molecule has 0 aliphatic carbocycles. The lowest BCUT2D eigenvalue weighted by Gasteiger charge is -2.24. The van der Waals surface area contributed by atoms with Gasteiger partial charge in [0, 0.05) is 36.8 Å². The highest BCUT2D eigenvalue weighted by molar-refractivity contribution is 5.97. The summed E-state index contributed by atoms with van der Waals surface area (Å²) >= 11 is 0. The quantitative estimate of drug-likeness (QED) is 0.793. The van der Waals surface area contributed by atoms with Gasteiger partial charge in [-0.05, 0) is 18.9 Å². The van der Waals surface area contributed by atoms with Crippen LogP contribution in [-0.4, -0.2) is 41.3 Å². The first-order chi connectivity index (χ1) is 11.7. The number of ketones is 1. The van der Waals surface area contributed by atoms with Crippen LogP contribution in [0.25, 0.3) is 0 Å². The van der Waals surface area contributed by atoms with Crippen LogP contribution in [0.4, 0.5) is 0 Å². The van der Waals surface area contributed by atoms with Crippen molar-refractivity contribution in [3.63, 3.8) is 0 Å². The molecule has 2 aromatic rings. The van der Waals surface area contributed by atoms with Crippen molar-refractivity contribution in [3.05, 3.63) is 59.9 Å². The normalized spacial score (nSPS) is 16.9. The van der Waals surface area contributed by atoms with Gasteiger partial charge in [0.2, 0.25) is 0 Å². The summed E-state index contributed by atoms with van der Waals surface area (Å²) in [4.78, 5) is 31.1. The fourth-order valence-electron chi connectivity index (χ4n) is 3.07. The predicted molar refractivity (Wildman–Crippen MR) is 90.2 cm³/mol. The molecule has 1 aromatic heterocycles. The van der Waals surface area contributed by atoms with E-state index in [9.17, 15) is 9.59 Å². The molecule has 1 unspecified atom stereocenters. The number of nitrogens with zero attached hydrogens (tertiary/aromatic N) is 2. The lowest BCUT2D eigenvalue weighted by atomic mass is 10.0. The molecule has 2 heterocycles.